The molecule has 0 bridgehead atoms. The van der Waals surface area contributed by atoms with Gasteiger partial charge in [-0.3, -0.25) is 14.4 Å². The monoisotopic (exact) mass is 484 g/mol. The first-order valence-electron chi connectivity index (χ1n) is 10.6. The molecule has 0 radical (unpaired) electrons. The van der Waals surface area contributed by atoms with E-state index < -0.39 is 35.7 Å². The van der Waals surface area contributed by atoms with Crippen molar-refractivity contribution in [1.29, 1.82) is 0 Å². The maximum atomic E-state index is 12.4. The fraction of sp³-hybridized carbons (Fsp3) is 0.292. The van der Waals surface area contributed by atoms with Crippen molar-refractivity contribution in [3.05, 3.63) is 65.7 Å². The molecule has 0 spiro atoms. The third kappa shape index (κ3) is 8.72. The fourth-order valence-corrected chi connectivity index (χ4v) is 3.29. The van der Waals surface area contributed by atoms with Crippen LogP contribution in [0.2, 0.25) is 0 Å². The average Bonchev–Trinajstić information content (AvgIpc) is 2.83. The first-order chi connectivity index (χ1) is 16.2. The molecule has 0 unspecified atom stereocenters. The van der Waals surface area contributed by atoms with Gasteiger partial charge in [0, 0.05) is 0 Å². The Hall–Kier alpha value is -3.63. The van der Waals surface area contributed by atoms with Crippen LogP contribution in [0.3, 0.4) is 0 Å². The summed E-state index contributed by atoms with van der Waals surface area (Å²) in [6.07, 6.45) is 1.15. The van der Waals surface area contributed by atoms with E-state index in [2.05, 4.69) is 16.0 Å². The van der Waals surface area contributed by atoms with Crippen LogP contribution >= 0.6 is 12.2 Å². The zero-order valence-electron chi connectivity index (χ0n) is 18.7. The Morgan fingerprint density at radius 1 is 1.00 bits per heavy atom. The molecule has 3 atom stereocenters. The Kier molecular flexibility index (Phi) is 10.3. The highest BCUT2D eigenvalue weighted by atomic mass is 32.1. The normalized spacial score (nSPS) is 13.1. The molecule has 0 aliphatic rings. The Balaban J connectivity index is 1.76. The Morgan fingerprint density at radius 3 is 2.24 bits per heavy atom. The van der Waals surface area contributed by atoms with E-state index in [4.69, 9.17) is 18.0 Å². The minimum Gasteiger partial charge on any atom is -0.508 e. The standard InChI is InChI=1S/C24H28N4O5S/c1-15(23(33)28-18(14-29)11-17-7-9-19(30)10-8-17)27-21(31)13-26-24(34)22(32)20(25)12-16-5-3-2-4-6-16/h2-10,14-15,18,20,30H,11-13,25H2,1H3,(H,26,34)(H,27,31)(H,28,33)/t15-,18-,20-/m0/s1. The fourth-order valence-electron chi connectivity index (χ4n) is 3.06. The lowest BCUT2D eigenvalue weighted by Gasteiger charge is -2.18. The van der Waals surface area contributed by atoms with Crippen molar-refractivity contribution in [2.24, 2.45) is 5.73 Å². The van der Waals surface area contributed by atoms with Crippen molar-refractivity contribution in [2.75, 3.05) is 6.54 Å². The number of thiocarbonyl (C=S) groups is 1. The zero-order chi connectivity index (χ0) is 25.1. The number of rotatable bonds is 12. The summed E-state index contributed by atoms with van der Waals surface area (Å²) in [7, 11) is 0. The third-order valence-corrected chi connectivity index (χ3v) is 5.27. The molecule has 2 aromatic carbocycles. The topological polar surface area (TPSA) is 151 Å². The number of phenols is 1. The minimum absolute atomic E-state index is 0.0970. The zero-order valence-corrected chi connectivity index (χ0v) is 19.5. The van der Waals surface area contributed by atoms with Crippen molar-refractivity contribution in [3.63, 3.8) is 0 Å². The number of carbonyl (C=O) groups excluding carboxylic acids is 4. The number of phenolic OH excluding ortho intramolecular Hbond substituents is 1. The van der Waals surface area contributed by atoms with Crippen LogP contribution in [0.5, 0.6) is 5.75 Å². The highest BCUT2D eigenvalue weighted by molar-refractivity contribution is 7.82. The summed E-state index contributed by atoms with van der Waals surface area (Å²) in [4.78, 5) is 48.1. The van der Waals surface area contributed by atoms with E-state index in [9.17, 15) is 24.3 Å². The summed E-state index contributed by atoms with van der Waals surface area (Å²) < 4.78 is 0. The van der Waals surface area contributed by atoms with Crippen LogP contribution in [0.15, 0.2) is 54.6 Å². The summed E-state index contributed by atoms with van der Waals surface area (Å²) in [6, 6.07) is 12.9. The number of aromatic hydroxyl groups is 1. The SMILES string of the molecule is C[C@H](NC(=O)CNC(=S)C(=O)[C@@H](N)Cc1ccccc1)C(=O)N[C@H](C=O)Cc1ccc(O)cc1. The van der Waals surface area contributed by atoms with Gasteiger partial charge in [-0.2, -0.15) is 0 Å². The molecule has 10 heteroatoms. The van der Waals surface area contributed by atoms with Crippen LogP contribution in [0.1, 0.15) is 18.1 Å². The van der Waals surface area contributed by atoms with Crippen LogP contribution in [0.4, 0.5) is 0 Å². The van der Waals surface area contributed by atoms with Gasteiger partial charge >= 0.3 is 0 Å². The van der Waals surface area contributed by atoms with Crippen LogP contribution < -0.4 is 21.7 Å². The van der Waals surface area contributed by atoms with E-state index in [1.54, 1.807) is 12.1 Å². The first-order valence-corrected chi connectivity index (χ1v) is 11.0. The predicted octanol–water partition coefficient (Wildman–Crippen LogP) is 0.179. The summed E-state index contributed by atoms with van der Waals surface area (Å²) >= 11 is 5.04. The number of amides is 2. The summed E-state index contributed by atoms with van der Waals surface area (Å²) in [5.74, 6) is -1.50. The van der Waals surface area contributed by atoms with Gasteiger partial charge in [-0.25, -0.2) is 0 Å². The molecule has 2 amide bonds. The molecule has 0 saturated carbocycles. The molecule has 0 aliphatic heterocycles. The van der Waals surface area contributed by atoms with Gasteiger partial charge in [0.15, 0.2) is 0 Å². The summed E-state index contributed by atoms with van der Waals surface area (Å²) in [5.41, 5.74) is 7.57. The maximum absolute atomic E-state index is 12.4. The number of aldehydes is 1. The highest BCUT2D eigenvalue weighted by Gasteiger charge is 2.22. The largest absolute Gasteiger partial charge is 0.508 e. The van der Waals surface area contributed by atoms with E-state index in [1.807, 2.05) is 30.3 Å². The summed E-state index contributed by atoms with van der Waals surface area (Å²) in [5, 5.41) is 16.9. The van der Waals surface area contributed by atoms with Gasteiger partial charge in [0.1, 0.15) is 23.1 Å². The van der Waals surface area contributed by atoms with Gasteiger partial charge in [0.05, 0.1) is 18.6 Å². The van der Waals surface area contributed by atoms with Gasteiger partial charge in [-0.15, -0.1) is 0 Å². The lowest BCUT2D eigenvalue weighted by molar-refractivity contribution is -0.129. The van der Waals surface area contributed by atoms with E-state index in [-0.39, 0.29) is 23.7 Å². The number of ketones is 1. The average molecular weight is 485 g/mol. The molecular weight excluding hydrogens is 456 g/mol. The molecule has 34 heavy (non-hydrogen) atoms. The lowest BCUT2D eigenvalue weighted by Crippen LogP contribution is -2.51. The predicted molar refractivity (Wildman–Crippen MR) is 131 cm³/mol. The van der Waals surface area contributed by atoms with Crippen molar-refractivity contribution in [2.45, 2.75) is 37.9 Å². The molecule has 0 fully saturated rings. The third-order valence-electron chi connectivity index (χ3n) is 4.92. The van der Waals surface area contributed by atoms with Gasteiger partial charge in [-0.1, -0.05) is 54.7 Å². The lowest BCUT2D eigenvalue weighted by atomic mass is 10.0. The highest BCUT2D eigenvalue weighted by Crippen LogP contribution is 2.11. The minimum atomic E-state index is -0.929. The number of nitrogens with one attached hydrogen (secondary N) is 3. The van der Waals surface area contributed by atoms with Crippen LogP contribution in [0, 0.1) is 0 Å². The second-order valence-electron chi connectivity index (χ2n) is 7.75. The number of hydrogen-bond donors (Lipinski definition) is 5. The first kappa shape index (κ1) is 26.6. The number of hydrogen-bond acceptors (Lipinski definition) is 7. The van der Waals surface area contributed by atoms with Gasteiger partial charge < -0.3 is 31.6 Å². The molecule has 0 heterocycles. The second-order valence-corrected chi connectivity index (χ2v) is 8.16. The molecule has 2 rings (SSSR count). The Labute approximate surface area is 203 Å². The molecule has 0 aliphatic carbocycles. The van der Waals surface area contributed by atoms with Crippen molar-refractivity contribution < 1.29 is 24.3 Å². The van der Waals surface area contributed by atoms with Crippen molar-refractivity contribution >= 4 is 41.1 Å². The van der Waals surface area contributed by atoms with Crippen molar-refractivity contribution in [3.8, 4) is 5.75 Å². The van der Waals surface area contributed by atoms with E-state index in [1.165, 1.54) is 19.1 Å². The molecule has 2 aromatic rings. The van der Waals surface area contributed by atoms with Gasteiger partial charge in [0.25, 0.3) is 0 Å². The molecule has 6 N–H and O–H groups in total. The molecule has 180 valence electrons. The second kappa shape index (κ2) is 13.2. The number of Topliss-reactive ketones (excluding diaryl/α,β-unsaturated/α-hetero) is 1. The number of benzene rings is 2. The van der Waals surface area contributed by atoms with Crippen LogP contribution in [-0.4, -0.2) is 58.6 Å². The molecule has 0 aromatic heterocycles. The quantitative estimate of drug-likeness (QED) is 0.211. The van der Waals surface area contributed by atoms with Crippen molar-refractivity contribution in [1.82, 2.24) is 16.0 Å². The smallest absolute Gasteiger partial charge is 0.242 e. The maximum Gasteiger partial charge on any atom is 0.242 e. The molecule has 0 saturated heterocycles. The van der Waals surface area contributed by atoms with E-state index >= 15 is 0 Å². The number of carbonyl (C=O) groups is 4. The molecule has 9 nitrogen and oxygen atoms in total. The summed E-state index contributed by atoms with van der Waals surface area (Å²) in [6.45, 7) is 1.15. The van der Waals surface area contributed by atoms with E-state index in [0.29, 0.717) is 12.7 Å². The van der Waals surface area contributed by atoms with Gasteiger partial charge in [-0.05, 0) is 43.0 Å². The van der Waals surface area contributed by atoms with Crippen LogP contribution in [0.25, 0.3) is 0 Å². The van der Waals surface area contributed by atoms with E-state index in [0.717, 1.165) is 11.1 Å². The Bertz CT molecular complexity index is 1010. The Morgan fingerprint density at radius 2 is 1.62 bits per heavy atom. The van der Waals surface area contributed by atoms with Crippen LogP contribution in [-0.2, 0) is 32.0 Å². The number of nitrogens with two attached hydrogens (primary N) is 1. The molecular formula is C24H28N4O5S. The van der Waals surface area contributed by atoms with Gasteiger partial charge in [0.2, 0.25) is 17.6 Å².